The summed E-state index contributed by atoms with van der Waals surface area (Å²) < 4.78 is 6.62. The second-order valence-corrected chi connectivity index (χ2v) is 15.3. The van der Waals surface area contributed by atoms with Crippen LogP contribution in [0.5, 0.6) is 0 Å². The molecule has 1 aliphatic carbocycles. The fourth-order valence-electron chi connectivity index (χ4n) is 9.00. The van der Waals surface area contributed by atoms with Crippen LogP contribution in [0.25, 0.3) is 77.2 Å². The van der Waals surface area contributed by atoms with E-state index in [1.165, 1.54) is 71.6 Å². The van der Waals surface area contributed by atoms with E-state index in [0.717, 1.165) is 33.8 Å². The van der Waals surface area contributed by atoms with E-state index in [1.807, 2.05) is 0 Å². The van der Waals surface area contributed by atoms with Crippen molar-refractivity contribution in [2.24, 2.45) is 0 Å². The number of benzene rings is 9. The third-order valence-electron chi connectivity index (χ3n) is 11.8. The molecule has 10 aromatic rings. The van der Waals surface area contributed by atoms with Crippen molar-refractivity contribution in [1.82, 2.24) is 0 Å². The highest BCUT2D eigenvalue weighted by Crippen LogP contribution is 2.52. The highest BCUT2D eigenvalue weighted by molar-refractivity contribution is 6.24. The molecule has 0 saturated heterocycles. The molecule has 260 valence electrons. The molecule has 2 heteroatoms. The first-order chi connectivity index (χ1) is 27.0. The maximum Gasteiger partial charge on any atom is 0.143 e. The maximum atomic E-state index is 6.62. The van der Waals surface area contributed by atoms with Crippen LogP contribution in [-0.2, 0) is 5.41 Å². The number of furan rings is 1. The summed E-state index contributed by atoms with van der Waals surface area (Å²) in [5.41, 5.74) is 17.5. The van der Waals surface area contributed by atoms with Gasteiger partial charge >= 0.3 is 0 Å². The van der Waals surface area contributed by atoms with Crippen LogP contribution in [0.1, 0.15) is 25.0 Å². The largest absolute Gasteiger partial charge is 0.455 e. The Labute approximate surface area is 320 Å². The minimum atomic E-state index is -0.217. The Bertz CT molecular complexity index is 2940. The van der Waals surface area contributed by atoms with E-state index in [-0.39, 0.29) is 5.41 Å². The molecule has 0 N–H and O–H groups in total. The molecule has 55 heavy (non-hydrogen) atoms. The molecule has 0 bridgehead atoms. The molecule has 0 radical (unpaired) electrons. The van der Waals surface area contributed by atoms with E-state index >= 15 is 0 Å². The van der Waals surface area contributed by atoms with Gasteiger partial charge in [0.1, 0.15) is 11.2 Å². The molecule has 0 atom stereocenters. The fourth-order valence-corrected chi connectivity index (χ4v) is 9.00. The number of rotatable bonds is 6. The predicted molar refractivity (Wildman–Crippen MR) is 231 cm³/mol. The molecule has 0 aliphatic heterocycles. The lowest BCUT2D eigenvalue weighted by Crippen LogP contribution is -2.16. The molecule has 0 unspecified atom stereocenters. The summed E-state index contributed by atoms with van der Waals surface area (Å²) in [6.45, 7) is 4.74. The van der Waals surface area contributed by atoms with Crippen LogP contribution in [-0.4, -0.2) is 0 Å². The van der Waals surface area contributed by atoms with Crippen molar-refractivity contribution in [3.8, 4) is 44.5 Å². The van der Waals surface area contributed by atoms with Crippen molar-refractivity contribution >= 4 is 49.8 Å². The van der Waals surface area contributed by atoms with Crippen molar-refractivity contribution in [2.45, 2.75) is 19.3 Å². The second kappa shape index (κ2) is 12.1. The molecule has 0 spiro atoms. The number of anilines is 3. The average Bonchev–Trinajstić information content (AvgIpc) is 3.74. The summed E-state index contributed by atoms with van der Waals surface area (Å²) in [6, 6.07) is 68.3. The first kappa shape index (κ1) is 31.6. The van der Waals surface area contributed by atoms with Crippen LogP contribution in [0.2, 0.25) is 0 Å². The molecule has 2 nitrogen and oxygen atoms in total. The number of hydrogen-bond acceptors (Lipinski definition) is 2. The Kier molecular flexibility index (Phi) is 6.93. The van der Waals surface area contributed by atoms with Crippen LogP contribution in [0.4, 0.5) is 17.1 Å². The highest BCUT2D eigenvalue weighted by atomic mass is 16.3. The van der Waals surface area contributed by atoms with E-state index in [2.05, 4.69) is 207 Å². The van der Waals surface area contributed by atoms with Gasteiger partial charge < -0.3 is 9.32 Å². The molecule has 0 saturated carbocycles. The van der Waals surface area contributed by atoms with Gasteiger partial charge in [0.25, 0.3) is 0 Å². The molecule has 1 aliphatic rings. The topological polar surface area (TPSA) is 16.4 Å². The monoisotopic (exact) mass is 703 g/mol. The van der Waals surface area contributed by atoms with Gasteiger partial charge in [-0.15, -0.1) is 0 Å². The number of hydrogen-bond donors (Lipinski definition) is 0. The zero-order chi connectivity index (χ0) is 36.7. The summed E-state index contributed by atoms with van der Waals surface area (Å²) >= 11 is 0. The summed E-state index contributed by atoms with van der Waals surface area (Å²) in [7, 11) is 0. The predicted octanol–water partition coefficient (Wildman–Crippen LogP) is 15.0. The molecular formula is C53H37NO. The minimum absolute atomic E-state index is 0.217. The number of fused-ring (bicyclic) bond motifs is 3. The van der Waals surface area contributed by atoms with Gasteiger partial charge in [-0.1, -0.05) is 147 Å². The zero-order valence-corrected chi connectivity index (χ0v) is 30.8. The van der Waals surface area contributed by atoms with Crippen LogP contribution < -0.4 is 4.90 Å². The summed E-state index contributed by atoms with van der Waals surface area (Å²) in [5, 5.41) is 4.86. The Morgan fingerprint density at radius 1 is 0.382 bits per heavy atom. The van der Waals surface area contributed by atoms with Gasteiger partial charge in [0.05, 0.1) is 0 Å². The average molecular weight is 704 g/mol. The first-order valence-electron chi connectivity index (χ1n) is 19.1. The van der Waals surface area contributed by atoms with Crippen LogP contribution in [0.3, 0.4) is 0 Å². The molecule has 1 heterocycles. The summed E-state index contributed by atoms with van der Waals surface area (Å²) in [6.07, 6.45) is 0. The Morgan fingerprint density at radius 2 is 0.873 bits per heavy atom. The van der Waals surface area contributed by atoms with Crippen molar-refractivity contribution < 1.29 is 4.42 Å². The lowest BCUT2D eigenvalue weighted by atomic mass is 9.81. The normalized spacial score (nSPS) is 13.1. The van der Waals surface area contributed by atoms with Crippen molar-refractivity contribution in [3.63, 3.8) is 0 Å². The standard InChI is InChI=1S/C53H37NO/c1-53(2)47-32-40(44-29-22-39-17-16-38-14-9-15-49-50(38)51(39)52(44)55-49)23-30-45(47)46-31-28-43(33-48(46)53)54(41-24-18-36(19-25-41)34-10-5-3-6-11-34)42-26-20-37(21-27-42)35-12-7-4-8-13-35/h3-33H,1-2H3. The third-order valence-corrected chi connectivity index (χ3v) is 11.8. The lowest BCUT2D eigenvalue weighted by molar-refractivity contribution is 0.660. The molecule has 0 fully saturated rings. The van der Waals surface area contributed by atoms with Gasteiger partial charge in [-0.3, -0.25) is 0 Å². The molecule has 1 aromatic heterocycles. The molecule has 11 rings (SSSR count). The summed E-state index contributed by atoms with van der Waals surface area (Å²) in [5.74, 6) is 0. The Balaban J connectivity index is 1.01. The van der Waals surface area contributed by atoms with Crippen molar-refractivity contribution in [1.29, 1.82) is 0 Å². The fraction of sp³-hybridized carbons (Fsp3) is 0.0566. The van der Waals surface area contributed by atoms with Gasteiger partial charge in [0.15, 0.2) is 0 Å². The molecule has 0 amide bonds. The van der Waals surface area contributed by atoms with Gasteiger partial charge in [-0.25, -0.2) is 0 Å². The van der Waals surface area contributed by atoms with E-state index in [1.54, 1.807) is 0 Å². The van der Waals surface area contributed by atoms with E-state index in [9.17, 15) is 0 Å². The van der Waals surface area contributed by atoms with Crippen LogP contribution in [0.15, 0.2) is 192 Å². The quantitative estimate of drug-likeness (QED) is 0.160. The lowest BCUT2D eigenvalue weighted by Gasteiger charge is -2.28. The smallest absolute Gasteiger partial charge is 0.143 e. The zero-order valence-electron chi connectivity index (χ0n) is 30.8. The second-order valence-electron chi connectivity index (χ2n) is 15.3. The van der Waals surface area contributed by atoms with Crippen LogP contribution in [0, 0.1) is 0 Å². The Morgan fingerprint density at radius 3 is 1.51 bits per heavy atom. The molecule has 9 aromatic carbocycles. The van der Waals surface area contributed by atoms with Gasteiger partial charge in [-0.2, -0.15) is 0 Å². The minimum Gasteiger partial charge on any atom is -0.455 e. The van der Waals surface area contributed by atoms with Crippen molar-refractivity contribution in [3.05, 3.63) is 199 Å². The van der Waals surface area contributed by atoms with E-state index in [4.69, 9.17) is 4.42 Å². The Hall–Kier alpha value is -6.90. The maximum absolute atomic E-state index is 6.62. The van der Waals surface area contributed by atoms with Gasteiger partial charge in [-0.05, 0) is 115 Å². The SMILES string of the molecule is CC1(C)c2cc(-c3ccc4ccc5cccc6oc3c4c56)ccc2-c2ccc(N(c3ccc(-c4ccccc4)cc3)c3ccc(-c4ccccc4)cc3)cc21. The molecular weight excluding hydrogens is 667 g/mol. The summed E-state index contributed by atoms with van der Waals surface area (Å²) in [4.78, 5) is 2.39. The first-order valence-corrected chi connectivity index (χ1v) is 19.1. The van der Waals surface area contributed by atoms with Crippen molar-refractivity contribution in [2.75, 3.05) is 4.90 Å². The van der Waals surface area contributed by atoms with Gasteiger partial charge in [0, 0.05) is 38.8 Å². The number of nitrogens with zero attached hydrogens (tertiary/aromatic N) is 1. The highest BCUT2D eigenvalue weighted by Gasteiger charge is 2.36. The van der Waals surface area contributed by atoms with Gasteiger partial charge in [0.2, 0.25) is 0 Å². The van der Waals surface area contributed by atoms with Crippen LogP contribution >= 0.6 is 0 Å². The van der Waals surface area contributed by atoms with E-state index < -0.39 is 0 Å². The van der Waals surface area contributed by atoms with E-state index in [0.29, 0.717) is 0 Å². The third kappa shape index (κ3) is 4.95.